The Hall–Kier alpha value is -2.60. The maximum Gasteiger partial charge on any atom is 0.317 e. The van der Waals surface area contributed by atoms with Crippen molar-refractivity contribution in [2.24, 2.45) is 0 Å². The Kier molecular flexibility index (Phi) is 7.25. The number of hydrogen-bond acceptors (Lipinski definition) is 3. The fourth-order valence-electron chi connectivity index (χ4n) is 3.55. The highest BCUT2D eigenvalue weighted by atomic mass is 16.2. The zero-order valence-electron chi connectivity index (χ0n) is 16.9. The van der Waals surface area contributed by atoms with Crippen LogP contribution in [-0.2, 0) is 6.42 Å². The minimum atomic E-state index is 0.0557. The van der Waals surface area contributed by atoms with E-state index in [9.17, 15) is 4.79 Å². The molecule has 0 saturated carbocycles. The van der Waals surface area contributed by atoms with E-state index in [1.807, 2.05) is 24.8 Å². The van der Waals surface area contributed by atoms with E-state index in [1.54, 1.807) is 0 Å². The summed E-state index contributed by atoms with van der Waals surface area (Å²) in [6.07, 6.45) is 6.22. The highest BCUT2D eigenvalue weighted by Gasteiger charge is 2.19. The first kappa shape index (κ1) is 20.1. The molecular formula is C22H31N5O. The fraction of sp³-hybridized carbons (Fsp3) is 0.455. The molecule has 6 nitrogen and oxygen atoms in total. The number of piperazine rings is 1. The predicted molar refractivity (Wildman–Crippen MR) is 113 cm³/mol. The molecule has 2 aromatic rings. The molecule has 1 fully saturated rings. The van der Waals surface area contributed by atoms with Gasteiger partial charge in [0, 0.05) is 45.0 Å². The van der Waals surface area contributed by atoms with Gasteiger partial charge in [-0.2, -0.15) is 5.10 Å². The van der Waals surface area contributed by atoms with Crippen molar-refractivity contribution in [1.29, 1.82) is 0 Å². The van der Waals surface area contributed by atoms with Crippen LogP contribution in [0.5, 0.6) is 0 Å². The first-order chi connectivity index (χ1) is 13.6. The molecule has 1 aromatic carbocycles. The second kappa shape index (κ2) is 10.1. The first-order valence-electron chi connectivity index (χ1n) is 10.1. The molecule has 0 aliphatic carbocycles. The van der Waals surface area contributed by atoms with Crippen molar-refractivity contribution < 1.29 is 4.79 Å². The van der Waals surface area contributed by atoms with E-state index in [0.29, 0.717) is 6.54 Å². The molecule has 3 rings (SSSR count). The minimum absolute atomic E-state index is 0.0557. The van der Waals surface area contributed by atoms with Crippen LogP contribution in [0.4, 0.5) is 4.79 Å². The van der Waals surface area contributed by atoms with E-state index in [-0.39, 0.29) is 6.03 Å². The van der Waals surface area contributed by atoms with E-state index in [4.69, 9.17) is 0 Å². The number of amides is 2. The molecule has 2 amide bonds. The molecule has 1 aliphatic heterocycles. The molecule has 1 aromatic heterocycles. The number of benzene rings is 1. The topological polar surface area (TPSA) is 64.3 Å². The van der Waals surface area contributed by atoms with Crippen LogP contribution in [0.25, 0.3) is 6.08 Å². The third-order valence-corrected chi connectivity index (χ3v) is 5.29. The number of aromatic nitrogens is 2. The van der Waals surface area contributed by atoms with Crippen molar-refractivity contribution in [2.45, 2.75) is 26.7 Å². The average Bonchev–Trinajstić information content (AvgIpc) is 3.04. The number of nitrogens with zero attached hydrogens (tertiary/aromatic N) is 3. The van der Waals surface area contributed by atoms with Gasteiger partial charge >= 0.3 is 6.03 Å². The summed E-state index contributed by atoms with van der Waals surface area (Å²) in [6, 6.07) is 10.4. The fourth-order valence-corrected chi connectivity index (χ4v) is 3.55. The largest absolute Gasteiger partial charge is 0.338 e. The molecule has 28 heavy (non-hydrogen) atoms. The van der Waals surface area contributed by atoms with Gasteiger partial charge in [0.2, 0.25) is 0 Å². The highest BCUT2D eigenvalue weighted by Crippen LogP contribution is 2.11. The predicted octanol–water partition coefficient (Wildman–Crippen LogP) is 3.00. The Balaban J connectivity index is 1.32. The molecule has 1 aliphatic rings. The van der Waals surface area contributed by atoms with Gasteiger partial charge in [0.05, 0.1) is 5.69 Å². The van der Waals surface area contributed by atoms with Gasteiger partial charge in [-0.3, -0.25) is 10.00 Å². The molecule has 2 heterocycles. The molecule has 0 atom stereocenters. The molecule has 0 radical (unpaired) electrons. The summed E-state index contributed by atoms with van der Waals surface area (Å²) in [7, 11) is 0. The zero-order chi connectivity index (χ0) is 19.8. The monoisotopic (exact) mass is 381 g/mol. The second-order valence-electron chi connectivity index (χ2n) is 7.35. The number of H-pyrrole nitrogens is 1. The van der Waals surface area contributed by atoms with Gasteiger partial charge in [0.15, 0.2) is 0 Å². The van der Waals surface area contributed by atoms with E-state index < -0.39 is 0 Å². The van der Waals surface area contributed by atoms with Gasteiger partial charge in [-0.15, -0.1) is 0 Å². The number of carbonyl (C=O) groups excluding carboxylic acids is 1. The number of carbonyl (C=O) groups is 1. The van der Waals surface area contributed by atoms with Gasteiger partial charge < -0.3 is 10.2 Å². The van der Waals surface area contributed by atoms with Crippen LogP contribution in [0.15, 0.2) is 36.4 Å². The van der Waals surface area contributed by atoms with Crippen molar-refractivity contribution >= 4 is 12.1 Å². The summed E-state index contributed by atoms with van der Waals surface area (Å²) in [5.41, 5.74) is 4.68. The first-order valence-corrected chi connectivity index (χ1v) is 10.1. The van der Waals surface area contributed by atoms with Crippen LogP contribution < -0.4 is 5.32 Å². The molecule has 6 heteroatoms. The molecule has 0 bridgehead atoms. The summed E-state index contributed by atoms with van der Waals surface area (Å²) in [5, 5.41) is 10.3. The average molecular weight is 382 g/mol. The molecule has 0 spiro atoms. The molecular weight excluding hydrogens is 350 g/mol. The number of rotatable bonds is 7. The Morgan fingerprint density at radius 3 is 2.61 bits per heavy atom. The van der Waals surface area contributed by atoms with Crippen molar-refractivity contribution in [1.82, 2.24) is 25.3 Å². The maximum atomic E-state index is 12.4. The zero-order valence-corrected chi connectivity index (χ0v) is 16.9. The lowest BCUT2D eigenvalue weighted by Crippen LogP contribution is -2.51. The van der Waals surface area contributed by atoms with E-state index in [1.165, 1.54) is 11.1 Å². The van der Waals surface area contributed by atoms with Gasteiger partial charge in [0.1, 0.15) is 0 Å². The van der Waals surface area contributed by atoms with E-state index >= 15 is 0 Å². The van der Waals surface area contributed by atoms with Crippen LogP contribution in [0, 0.1) is 13.8 Å². The summed E-state index contributed by atoms with van der Waals surface area (Å²) in [6.45, 7) is 9.08. The molecule has 2 N–H and O–H groups in total. The van der Waals surface area contributed by atoms with Crippen LogP contribution in [-0.4, -0.2) is 65.3 Å². The molecule has 0 unspecified atom stereocenters. The van der Waals surface area contributed by atoms with Gasteiger partial charge in [-0.1, -0.05) is 42.5 Å². The highest BCUT2D eigenvalue weighted by molar-refractivity contribution is 5.74. The number of hydrogen-bond donors (Lipinski definition) is 2. The van der Waals surface area contributed by atoms with Gasteiger partial charge in [0.25, 0.3) is 0 Å². The summed E-state index contributed by atoms with van der Waals surface area (Å²) < 4.78 is 0. The van der Waals surface area contributed by atoms with Crippen molar-refractivity contribution in [3.8, 4) is 0 Å². The quantitative estimate of drug-likeness (QED) is 0.725. The van der Waals surface area contributed by atoms with Gasteiger partial charge in [-0.25, -0.2) is 4.79 Å². The van der Waals surface area contributed by atoms with Crippen LogP contribution in [0.1, 0.15) is 28.9 Å². The Morgan fingerprint density at radius 2 is 1.93 bits per heavy atom. The lowest BCUT2D eigenvalue weighted by molar-refractivity contribution is 0.147. The number of aryl methyl sites for hydroxylation is 2. The van der Waals surface area contributed by atoms with E-state index in [2.05, 4.69) is 56.8 Å². The summed E-state index contributed by atoms with van der Waals surface area (Å²) >= 11 is 0. The Morgan fingerprint density at radius 1 is 1.18 bits per heavy atom. The Bertz CT molecular complexity index is 756. The summed E-state index contributed by atoms with van der Waals surface area (Å²) in [4.78, 5) is 16.7. The normalized spacial score (nSPS) is 15.3. The molecule has 150 valence electrons. The van der Waals surface area contributed by atoms with Crippen molar-refractivity contribution in [3.63, 3.8) is 0 Å². The van der Waals surface area contributed by atoms with Crippen molar-refractivity contribution in [3.05, 3.63) is 58.9 Å². The van der Waals surface area contributed by atoms with Crippen LogP contribution in [0.3, 0.4) is 0 Å². The minimum Gasteiger partial charge on any atom is -0.338 e. The lowest BCUT2D eigenvalue weighted by Gasteiger charge is -2.34. The Labute approximate surface area is 167 Å². The standard InChI is InChI=1S/C22H31N5O/c1-18-21(19(2)25-24-18)11-6-12-23-22(28)27-16-14-26(15-17-27)13-7-10-20-8-4-3-5-9-20/h3-5,7-10H,6,11-17H2,1-2H3,(H,23,28)(H,24,25)/b10-7+. The van der Waals surface area contributed by atoms with Gasteiger partial charge in [-0.05, 0) is 37.8 Å². The summed E-state index contributed by atoms with van der Waals surface area (Å²) in [5.74, 6) is 0. The number of aromatic amines is 1. The molecule has 1 saturated heterocycles. The third-order valence-electron chi connectivity index (χ3n) is 5.29. The SMILES string of the molecule is Cc1n[nH]c(C)c1CCCNC(=O)N1CCN(C/C=C/c2ccccc2)CC1. The van der Waals surface area contributed by atoms with Crippen LogP contribution in [0.2, 0.25) is 0 Å². The third kappa shape index (κ3) is 5.70. The van der Waals surface area contributed by atoms with E-state index in [0.717, 1.165) is 57.0 Å². The second-order valence-corrected chi connectivity index (χ2v) is 7.35. The lowest BCUT2D eigenvalue weighted by atomic mass is 10.1. The number of nitrogens with one attached hydrogen (secondary N) is 2. The smallest absolute Gasteiger partial charge is 0.317 e. The number of urea groups is 1. The van der Waals surface area contributed by atoms with Crippen LogP contribution >= 0.6 is 0 Å². The van der Waals surface area contributed by atoms with Crippen molar-refractivity contribution in [2.75, 3.05) is 39.3 Å². The maximum absolute atomic E-state index is 12.4.